The number of aliphatic hydroxyl groups excluding tert-OH is 1. The standard InChI is InChI=1S/C33H34N2O4/c1-20-6-8-22(9-7-20)30(36)28-29(21-10-12-24(13-11-21)33(2,3)4)35(32(38)31(28)37)17-16-23-19-34-27-15-14-25(39-5)18-26(23)27/h6-15,18-19,29,34,36H,16-17H2,1-5H3/b30-28-. The molecule has 0 aliphatic carbocycles. The summed E-state index contributed by atoms with van der Waals surface area (Å²) in [6, 6.07) is 20.4. The lowest BCUT2D eigenvalue weighted by Crippen LogP contribution is -2.31. The van der Waals surface area contributed by atoms with Crippen molar-refractivity contribution in [2.45, 2.75) is 45.6 Å². The number of carbonyl (C=O) groups is 2. The van der Waals surface area contributed by atoms with Gasteiger partial charge in [0.25, 0.3) is 11.7 Å². The number of ketones is 1. The molecule has 39 heavy (non-hydrogen) atoms. The monoisotopic (exact) mass is 522 g/mol. The molecule has 1 aliphatic rings. The number of nitrogens with zero attached hydrogens (tertiary/aromatic N) is 1. The summed E-state index contributed by atoms with van der Waals surface area (Å²) in [6.07, 6.45) is 2.46. The van der Waals surface area contributed by atoms with Gasteiger partial charge in [-0.15, -0.1) is 0 Å². The first-order valence-corrected chi connectivity index (χ1v) is 13.2. The van der Waals surface area contributed by atoms with Crippen LogP contribution in [0, 0.1) is 6.92 Å². The number of hydrogen-bond acceptors (Lipinski definition) is 4. The smallest absolute Gasteiger partial charge is 0.295 e. The maximum absolute atomic E-state index is 13.4. The Kier molecular flexibility index (Phi) is 6.81. The Morgan fingerprint density at radius 3 is 2.33 bits per heavy atom. The molecule has 6 nitrogen and oxygen atoms in total. The van der Waals surface area contributed by atoms with Gasteiger partial charge in [-0.3, -0.25) is 9.59 Å². The van der Waals surface area contributed by atoms with E-state index in [0.717, 1.165) is 38.9 Å². The second-order valence-corrected chi connectivity index (χ2v) is 11.2. The van der Waals surface area contributed by atoms with Crippen LogP contribution in [0.2, 0.25) is 0 Å². The molecule has 0 spiro atoms. The largest absolute Gasteiger partial charge is 0.507 e. The molecule has 0 bridgehead atoms. The second kappa shape index (κ2) is 10.1. The van der Waals surface area contributed by atoms with Gasteiger partial charge in [0.1, 0.15) is 11.5 Å². The van der Waals surface area contributed by atoms with E-state index in [1.807, 2.05) is 67.7 Å². The quantitative estimate of drug-likeness (QED) is 0.173. The van der Waals surface area contributed by atoms with E-state index in [2.05, 4.69) is 25.8 Å². The zero-order valence-electron chi connectivity index (χ0n) is 23.0. The first-order valence-electron chi connectivity index (χ1n) is 13.2. The highest BCUT2D eigenvalue weighted by molar-refractivity contribution is 6.46. The first-order chi connectivity index (χ1) is 18.6. The van der Waals surface area contributed by atoms with Crippen molar-refractivity contribution < 1.29 is 19.4 Å². The summed E-state index contributed by atoms with van der Waals surface area (Å²) in [7, 11) is 1.63. The topological polar surface area (TPSA) is 82.6 Å². The zero-order chi connectivity index (χ0) is 27.9. The van der Waals surface area contributed by atoms with Gasteiger partial charge in [-0.2, -0.15) is 0 Å². The lowest BCUT2D eigenvalue weighted by Gasteiger charge is -2.26. The fourth-order valence-electron chi connectivity index (χ4n) is 5.22. The Hall–Kier alpha value is -4.32. The molecule has 2 heterocycles. The van der Waals surface area contributed by atoms with E-state index in [4.69, 9.17) is 4.74 Å². The SMILES string of the molecule is COc1ccc2[nH]cc(CCN3C(=O)C(=O)/C(=C(\O)c4ccc(C)cc4)C3c3ccc(C(C)(C)C)cc3)c2c1. The molecule has 0 radical (unpaired) electrons. The molecule has 5 rings (SSSR count). The molecule has 2 N–H and O–H groups in total. The highest BCUT2D eigenvalue weighted by Gasteiger charge is 2.46. The fourth-order valence-corrected chi connectivity index (χ4v) is 5.22. The second-order valence-electron chi connectivity index (χ2n) is 11.2. The number of likely N-dealkylation sites (tertiary alicyclic amines) is 1. The Labute approximate surface area is 228 Å². The molecule has 1 aliphatic heterocycles. The molecule has 1 saturated heterocycles. The van der Waals surface area contributed by atoms with Gasteiger partial charge in [-0.25, -0.2) is 0 Å². The highest BCUT2D eigenvalue weighted by atomic mass is 16.5. The Balaban J connectivity index is 1.56. The maximum Gasteiger partial charge on any atom is 0.295 e. The third-order valence-corrected chi connectivity index (χ3v) is 7.55. The minimum absolute atomic E-state index is 0.0430. The van der Waals surface area contributed by atoms with Crippen LogP contribution in [0.1, 0.15) is 54.6 Å². The summed E-state index contributed by atoms with van der Waals surface area (Å²) >= 11 is 0. The first kappa shape index (κ1) is 26.3. The summed E-state index contributed by atoms with van der Waals surface area (Å²) in [5, 5.41) is 12.4. The molecule has 6 heteroatoms. The number of methoxy groups -OCH3 is 1. The van der Waals surface area contributed by atoms with E-state index >= 15 is 0 Å². The van der Waals surface area contributed by atoms with Gasteiger partial charge in [0.15, 0.2) is 0 Å². The molecule has 0 saturated carbocycles. The number of carbonyl (C=O) groups excluding carboxylic acids is 2. The highest BCUT2D eigenvalue weighted by Crippen LogP contribution is 2.40. The number of rotatable bonds is 6. The number of H-pyrrole nitrogens is 1. The summed E-state index contributed by atoms with van der Waals surface area (Å²) in [6.45, 7) is 8.69. The van der Waals surface area contributed by atoms with Gasteiger partial charge < -0.3 is 19.7 Å². The van der Waals surface area contributed by atoms with Crippen LogP contribution in [-0.2, 0) is 21.4 Å². The average molecular weight is 523 g/mol. The van der Waals surface area contributed by atoms with E-state index in [0.29, 0.717) is 18.5 Å². The number of ether oxygens (including phenoxy) is 1. The van der Waals surface area contributed by atoms with Crippen LogP contribution in [0.5, 0.6) is 5.75 Å². The van der Waals surface area contributed by atoms with Crippen molar-refractivity contribution in [3.05, 3.63) is 106 Å². The number of benzene rings is 3. The number of Topliss-reactive ketones (excluding diaryl/α,β-unsaturated/α-hetero) is 1. The third-order valence-electron chi connectivity index (χ3n) is 7.55. The number of nitrogens with one attached hydrogen (secondary N) is 1. The van der Waals surface area contributed by atoms with Crippen LogP contribution in [0.15, 0.2) is 78.5 Å². The summed E-state index contributed by atoms with van der Waals surface area (Å²) in [5.41, 5.74) is 5.56. The number of hydrogen-bond donors (Lipinski definition) is 2. The normalized spacial score (nSPS) is 17.3. The zero-order valence-corrected chi connectivity index (χ0v) is 23.0. The van der Waals surface area contributed by atoms with Crippen LogP contribution in [-0.4, -0.2) is 40.3 Å². The predicted octanol–water partition coefficient (Wildman–Crippen LogP) is 6.45. The van der Waals surface area contributed by atoms with Gasteiger partial charge in [-0.05, 0) is 53.6 Å². The van der Waals surface area contributed by atoms with Crippen LogP contribution >= 0.6 is 0 Å². The van der Waals surface area contributed by atoms with E-state index in [1.54, 1.807) is 24.1 Å². The van der Waals surface area contributed by atoms with Crippen molar-refractivity contribution in [2.24, 2.45) is 0 Å². The van der Waals surface area contributed by atoms with E-state index < -0.39 is 17.7 Å². The van der Waals surface area contributed by atoms with E-state index in [-0.39, 0.29) is 16.7 Å². The molecule has 4 aromatic rings. The van der Waals surface area contributed by atoms with Gasteiger partial charge >= 0.3 is 0 Å². The van der Waals surface area contributed by atoms with Crippen molar-refractivity contribution in [1.82, 2.24) is 9.88 Å². The molecule has 1 aromatic heterocycles. The molecule has 200 valence electrons. The Morgan fingerprint density at radius 1 is 1.00 bits per heavy atom. The number of aromatic amines is 1. The summed E-state index contributed by atoms with van der Waals surface area (Å²) in [5.74, 6) is -0.678. The van der Waals surface area contributed by atoms with Crippen LogP contribution in [0.4, 0.5) is 0 Å². The lowest BCUT2D eigenvalue weighted by atomic mass is 9.85. The third kappa shape index (κ3) is 4.94. The van der Waals surface area contributed by atoms with Crippen molar-refractivity contribution in [1.29, 1.82) is 0 Å². The van der Waals surface area contributed by atoms with Gasteiger partial charge in [0.2, 0.25) is 0 Å². The molecular weight excluding hydrogens is 488 g/mol. The molecular formula is C33H34N2O4. The Bertz CT molecular complexity index is 1570. The number of aliphatic hydroxyl groups is 1. The Morgan fingerprint density at radius 2 is 1.69 bits per heavy atom. The molecule has 1 amide bonds. The molecule has 3 aromatic carbocycles. The number of amides is 1. The van der Waals surface area contributed by atoms with Gasteiger partial charge in [0, 0.05) is 29.2 Å². The minimum atomic E-state index is -0.694. The van der Waals surface area contributed by atoms with Crippen molar-refractivity contribution in [2.75, 3.05) is 13.7 Å². The van der Waals surface area contributed by atoms with Gasteiger partial charge in [0.05, 0.1) is 18.7 Å². The molecule has 1 fully saturated rings. The van der Waals surface area contributed by atoms with E-state index in [1.165, 1.54) is 0 Å². The van der Waals surface area contributed by atoms with E-state index in [9.17, 15) is 14.7 Å². The van der Waals surface area contributed by atoms with Crippen molar-refractivity contribution in [3.63, 3.8) is 0 Å². The van der Waals surface area contributed by atoms with Crippen LogP contribution < -0.4 is 4.74 Å². The average Bonchev–Trinajstić information content (AvgIpc) is 3.44. The van der Waals surface area contributed by atoms with Crippen LogP contribution in [0.25, 0.3) is 16.7 Å². The number of aromatic nitrogens is 1. The van der Waals surface area contributed by atoms with Crippen molar-refractivity contribution in [3.8, 4) is 5.75 Å². The lowest BCUT2D eigenvalue weighted by molar-refractivity contribution is -0.139. The number of aryl methyl sites for hydroxylation is 1. The van der Waals surface area contributed by atoms with Crippen molar-refractivity contribution >= 4 is 28.4 Å². The maximum atomic E-state index is 13.4. The molecule has 1 atom stereocenters. The predicted molar refractivity (Wildman–Crippen MR) is 154 cm³/mol. The van der Waals surface area contributed by atoms with Gasteiger partial charge in [-0.1, -0.05) is 74.9 Å². The van der Waals surface area contributed by atoms with Crippen LogP contribution in [0.3, 0.4) is 0 Å². The minimum Gasteiger partial charge on any atom is -0.507 e. The summed E-state index contributed by atoms with van der Waals surface area (Å²) in [4.78, 5) is 31.7. The molecule has 1 unspecified atom stereocenters. The number of fused-ring (bicyclic) bond motifs is 1. The fraction of sp³-hybridized carbons (Fsp3) is 0.273. The summed E-state index contributed by atoms with van der Waals surface area (Å²) < 4.78 is 5.40.